The van der Waals surface area contributed by atoms with Crippen LogP contribution in [-0.4, -0.2) is 20.3 Å². The Labute approximate surface area is 90.0 Å². The molecule has 6 heteroatoms. The van der Waals surface area contributed by atoms with Crippen LogP contribution in [0.3, 0.4) is 0 Å². The Balaban J connectivity index is 2.12. The molecule has 1 unspecified atom stereocenters. The van der Waals surface area contributed by atoms with E-state index in [0.717, 1.165) is 12.1 Å². The van der Waals surface area contributed by atoms with Crippen molar-refractivity contribution in [1.29, 1.82) is 0 Å². The Morgan fingerprint density at radius 1 is 1.31 bits per heavy atom. The zero-order valence-electron chi connectivity index (χ0n) is 8.19. The molecule has 0 amide bonds. The maximum absolute atomic E-state index is 12.9. The summed E-state index contributed by atoms with van der Waals surface area (Å²) in [7, 11) is 0. The SMILES string of the molecule is OC(Cc1ccc(F)c(F)c1)c1ncn[nH]1. The van der Waals surface area contributed by atoms with E-state index >= 15 is 0 Å². The molecule has 2 N–H and O–H groups in total. The lowest BCUT2D eigenvalue weighted by Crippen LogP contribution is -2.04. The minimum absolute atomic E-state index is 0.145. The monoisotopic (exact) mass is 225 g/mol. The van der Waals surface area contributed by atoms with Gasteiger partial charge in [0.2, 0.25) is 0 Å². The largest absolute Gasteiger partial charge is 0.385 e. The van der Waals surface area contributed by atoms with Gasteiger partial charge >= 0.3 is 0 Å². The molecule has 2 rings (SSSR count). The fourth-order valence-electron chi connectivity index (χ4n) is 1.36. The van der Waals surface area contributed by atoms with Crippen LogP contribution in [0.15, 0.2) is 24.5 Å². The van der Waals surface area contributed by atoms with Crippen molar-refractivity contribution in [2.45, 2.75) is 12.5 Å². The third-order valence-electron chi connectivity index (χ3n) is 2.16. The van der Waals surface area contributed by atoms with Gasteiger partial charge in [0.15, 0.2) is 17.5 Å². The molecule has 1 aromatic carbocycles. The van der Waals surface area contributed by atoms with Crippen LogP contribution in [0.5, 0.6) is 0 Å². The van der Waals surface area contributed by atoms with E-state index in [1.165, 1.54) is 12.4 Å². The Morgan fingerprint density at radius 3 is 2.75 bits per heavy atom. The standard InChI is InChI=1S/C10H9F2N3O/c11-7-2-1-6(3-8(7)12)4-9(16)10-13-5-14-15-10/h1-3,5,9,16H,4H2,(H,13,14,15). The molecule has 0 bridgehead atoms. The lowest BCUT2D eigenvalue weighted by molar-refractivity contribution is 0.168. The first-order valence-electron chi connectivity index (χ1n) is 4.64. The van der Waals surface area contributed by atoms with Gasteiger partial charge in [-0.15, -0.1) is 0 Å². The second-order valence-corrected chi connectivity index (χ2v) is 3.34. The van der Waals surface area contributed by atoms with Gasteiger partial charge in [0.05, 0.1) is 0 Å². The molecular formula is C10H9F2N3O. The van der Waals surface area contributed by atoms with Gasteiger partial charge in [-0.1, -0.05) is 6.07 Å². The van der Waals surface area contributed by atoms with Crippen LogP contribution < -0.4 is 0 Å². The maximum Gasteiger partial charge on any atom is 0.159 e. The van der Waals surface area contributed by atoms with Crippen molar-refractivity contribution in [3.05, 3.63) is 47.5 Å². The molecule has 2 aromatic rings. The number of benzene rings is 1. The fourth-order valence-corrected chi connectivity index (χ4v) is 1.36. The van der Waals surface area contributed by atoms with Crippen LogP contribution in [0.25, 0.3) is 0 Å². The number of hydrogen-bond donors (Lipinski definition) is 2. The van der Waals surface area contributed by atoms with Crippen LogP contribution in [0, 0.1) is 11.6 Å². The quantitative estimate of drug-likeness (QED) is 0.829. The van der Waals surface area contributed by atoms with Gasteiger partial charge in [-0.05, 0) is 17.7 Å². The molecule has 16 heavy (non-hydrogen) atoms. The first-order valence-corrected chi connectivity index (χ1v) is 4.64. The van der Waals surface area contributed by atoms with Crippen LogP contribution >= 0.6 is 0 Å². The summed E-state index contributed by atoms with van der Waals surface area (Å²) in [6, 6.07) is 3.49. The summed E-state index contributed by atoms with van der Waals surface area (Å²) in [6.07, 6.45) is 0.503. The highest BCUT2D eigenvalue weighted by Crippen LogP contribution is 2.16. The Hall–Kier alpha value is -1.82. The zero-order valence-corrected chi connectivity index (χ0v) is 8.19. The number of nitrogens with zero attached hydrogens (tertiary/aromatic N) is 2. The second-order valence-electron chi connectivity index (χ2n) is 3.34. The number of H-pyrrole nitrogens is 1. The summed E-state index contributed by atoms with van der Waals surface area (Å²) in [4.78, 5) is 3.77. The van der Waals surface area contributed by atoms with Crippen LogP contribution in [0.2, 0.25) is 0 Å². The summed E-state index contributed by atoms with van der Waals surface area (Å²) in [5.74, 6) is -1.54. The molecule has 0 saturated carbocycles. The third-order valence-corrected chi connectivity index (χ3v) is 2.16. The predicted octanol–water partition coefficient (Wildman–Crippen LogP) is 1.36. The summed E-state index contributed by atoms with van der Waals surface area (Å²) < 4.78 is 25.5. The summed E-state index contributed by atoms with van der Waals surface area (Å²) >= 11 is 0. The Bertz CT molecular complexity index is 473. The number of aromatic amines is 1. The average molecular weight is 225 g/mol. The Kier molecular flexibility index (Phi) is 2.91. The van der Waals surface area contributed by atoms with Crippen molar-refractivity contribution in [2.24, 2.45) is 0 Å². The van der Waals surface area contributed by atoms with E-state index in [1.807, 2.05) is 0 Å². The molecule has 0 fully saturated rings. The van der Waals surface area contributed by atoms with E-state index in [0.29, 0.717) is 11.4 Å². The minimum Gasteiger partial charge on any atom is -0.385 e. The number of nitrogens with one attached hydrogen (secondary N) is 1. The molecule has 0 saturated heterocycles. The van der Waals surface area contributed by atoms with Gasteiger partial charge in [-0.2, -0.15) is 5.10 Å². The normalized spacial score (nSPS) is 12.7. The number of aliphatic hydroxyl groups excluding tert-OH is 1. The third kappa shape index (κ3) is 2.22. The number of hydrogen-bond acceptors (Lipinski definition) is 3. The van der Waals surface area contributed by atoms with Crippen molar-refractivity contribution in [2.75, 3.05) is 0 Å². The van der Waals surface area contributed by atoms with Crippen molar-refractivity contribution in [3.63, 3.8) is 0 Å². The van der Waals surface area contributed by atoms with E-state index < -0.39 is 17.7 Å². The van der Waals surface area contributed by atoms with Gasteiger partial charge in [0.25, 0.3) is 0 Å². The molecule has 0 aliphatic heterocycles. The molecule has 4 nitrogen and oxygen atoms in total. The van der Waals surface area contributed by atoms with Gasteiger partial charge in [-0.3, -0.25) is 5.10 Å². The molecular weight excluding hydrogens is 216 g/mol. The molecule has 0 radical (unpaired) electrons. The highest BCUT2D eigenvalue weighted by atomic mass is 19.2. The van der Waals surface area contributed by atoms with E-state index in [1.54, 1.807) is 0 Å². The van der Waals surface area contributed by atoms with Crippen LogP contribution in [0.4, 0.5) is 8.78 Å². The summed E-state index contributed by atoms with van der Waals surface area (Å²) in [5.41, 5.74) is 0.489. The molecule has 1 aromatic heterocycles. The molecule has 0 aliphatic rings. The van der Waals surface area contributed by atoms with Crippen molar-refractivity contribution >= 4 is 0 Å². The minimum atomic E-state index is -0.928. The molecule has 1 atom stereocenters. The van der Waals surface area contributed by atoms with Gasteiger partial charge in [-0.25, -0.2) is 13.8 Å². The van der Waals surface area contributed by atoms with Gasteiger partial charge < -0.3 is 5.11 Å². The van der Waals surface area contributed by atoms with E-state index in [-0.39, 0.29) is 6.42 Å². The fraction of sp³-hybridized carbons (Fsp3) is 0.200. The number of halogens is 2. The van der Waals surface area contributed by atoms with Crippen LogP contribution in [0.1, 0.15) is 17.5 Å². The number of rotatable bonds is 3. The predicted molar refractivity (Wildman–Crippen MR) is 51.4 cm³/mol. The first kappa shape index (κ1) is 10.7. The zero-order chi connectivity index (χ0) is 11.5. The topological polar surface area (TPSA) is 61.8 Å². The highest BCUT2D eigenvalue weighted by Gasteiger charge is 2.12. The van der Waals surface area contributed by atoms with Crippen molar-refractivity contribution < 1.29 is 13.9 Å². The highest BCUT2D eigenvalue weighted by molar-refractivity contribution is 5.19. The first-order chi connectivity index (χ1) is 7.66. The number of aromatic nitrogens is 3. The van der Waals surface area contributed by atoms with E-state index in [2.05, 4.69) is 15.2 Å². The Morgan fingerprint density at radius 2 is 2.12 bits per heavy atom. The smallest absolute Gasteiger partial charge is 0.159 e. The maximum atomic E-state index is 12.9. The van der Waals surface area contributed by atoms with E-state index in [4.69, 9.17) is 0 Å². The molecule has 84 valence electrons. The average Bonchev–Trinajstić information content (AvgIpc) is 2.77. The molecule has 1 heterocycles. The molecule has 0 spiro atoms. The van der Waals surface area contributed by atoms with Gasteiger partial charge in [0.1, 0.15) is 12.4 Å². The summed E-state index contributed by atoms with van der Waals surface area (Å²) in [6.45, 7) is 0. The van der Waals surface area contributed by atoms with Crippen LogP contribution in [-0.2, 0) is 6.42 Å². The number of aliphatic hydroxyl groups is 1. The second kappa shape index (κ2) is 4.36. The van der Waals surface area contributed by atoms with Crippen molar-refractivity contribution in [1.82, 2.24) is 15.2 Å². The van der Waals surface area contributed by atoms with Gasteiger partial charge in [0, 0.05) is 6.42 Å². The van der Waals surface area contributed by atoms with E-state index in [9.17, 15) is 13.9 Å². The van der Waals surface area contributed by atoms with Crippen molar-refractivity contribution in [3.8, 4) is 0 Å². The lowest BCUT2D eigenvalue weighted by atomic mass is 10.1. The molecule has 0 aliphatic carbocycles. The lowest BCUT2D eigenvalue weighted by Gasteiger charge is -2.07. The summed E-state index contributed by atoms with van der Waals surface area (Å²) in [5, 5.41) is 15.8.